The number of alkyl halides is 1. The second-order valence-corrected chi connectivity index (χ2v) is 6.36. The summed E-state index contributed by atoms with van der Waals surface area (Å²) < 4.78 is 31.1. The molecule has 0 aliphatic rings. The van der Waals surface area contributed by atoms with Crippen LogP contribution < -0.4 is 0 Å². The van der Waals surface area contributed by atoms with E-state index < -0.39 is 10.0 Å². The van der Waals surface area contributed by atoms with Crippen LogP contribution in [0.25, 0.3) is 0 Å². The quantitative estimate of drug-likeness (QED) is 0.751. The Hall–Kier alpha value is -0.400. The van der Waals surface area contributed by atoms with Crippen molar-refractivity contribution in [2.45, 2.75) is 32.1 Å². The lowest BCUT2D eigenvalue weighted by molar-refractivity contribution is 0.388. The zero-order chi connectivity index (χ0) is 13.1. The van der Waals surface area contributed by atoms with Crippen molar-refractivity contribution >= 4 is 26.0 Å². The molecule has 0 saturated carbocycles. The van der Waals surface area contributed by atoms with Crippen molar-refractivity contribution in [2.24, 2.45) is 0 Å². The predicted molar refractivity (Wildman–Crippen MR) is 68.8 cm³/mol. The van der Waals surface area contributed by atoms with Crippen LogP contribution in [0.4, 0.5) is 0 Å². The lowest BCUT2D eigenvalue weighted by atomic mass is 10.4. The van der Waals surface area contributed by atoms with Crippen LogP contribution >= 0.6 is 15.9 Å². The Morgan fingerprint density at radius 2 is 2.06 bits per heavy atom. The third-order valence-corrected chi connectivity index (χ3v) is 5.24. The third kappa shape index (κ3) is 3.08. The lowest BCUT2D eigenvalue weighted by Gasteiger charge is -2.19. The average Bonchev–Trinajstić information content (AvgIpc) is 2.59. The van der Waals surface area contributed by atoms with Gasteiger partial charge in [-0.15, -0.1) is 0 Å². The fourth-order valence-electron chi connectivity index (χ4n) is 1.66. The van der Waals surface area contributed by atoms with Crippen molar-refractivity contribution < 1.29 is 12.9 Å². The van der Waals surface area contributed by atoms with Crippen molar-refractivity contribution in [2.75, 3.05) is 18.4 Å². The maximum atomic E-state index is 12.4. The molecule has 0 unspecified atom stereocenters. The van der Waals surface area contributed by atoms with Gasteiger partial charge in [-0.05, 0) is 20.3 Å². The summed E-state index contributed by atoms with van der Waals surface area (Å²) >= 11 is 3.30. The predicted octanol–water partition coefficient (Wildman–Crippen LogP) is 2.09. The van der Waals surface area contributed by atoms with Gasteiger partial charge in [0.25, 0.3) is 0 Å². The van der Waals surface area contributed by atoms with Crippen LogP contribution in [0, 0.1) is 13.8 Å². The van der Waals surface area contributed by atoms with Gasteiger partial charge in [0, 0.05) is 18.4 Å². The number of aryl methyl sites for hydroxylation is 2. The molecule has 1 aromatic rings. The van der Waals surface area contributed by atoms with Gasteiger partial charge in [0.05, 0.1) is 0 Å². The molecule has 98 valence electrons. The fourth-order valence-corrected chi connectivity index (χ4v) is 3.69. The van der Waals surface area contributed by atoms with Crippen LogP contribution in [0.3, 0.4) is 0 Å². The van der Waals surface area contributed by atoms with Crippen LogP contribution in [0.15, 0.2) is 9.42 Å². The zero-order valence-electron chi connectivity index (χ0n) is 10.2. The Bertz CT molecular complexity index is 450. The van der Waals surface area contributed by atoms with Crippen LogP contribution in [0.5, 0.6) is 0 Å². The minimum absolute atomic E-state index is 0.203. The molecule has 0 N–H and O–H groups in total. The van der Waals surface area contributed by atoms with Crippen molar-refractivity contribution in [1.29, 1.82) is 0 Å². The molecule has 1 heterocycles. The highest BCUT2D eigenvalue weighted by atomic mass is 79.9. The van der Waals surface area contributed by atoms with Crippen molar-refractivity contribution in [1.82, 2.24) is 9.46 Å². The van der Waals surface area contributed by atoms with Crippen LogP contribution in [0.2, 0.25) is 0 Å². The van der Waals surface area contributed by atoms with Gasteiger partial charge in [0.1, 0.15) is 10.6 Å². The molecule has 0 aliphatic carbocycles. The van der Waals surface area contributed by atoms with Crippen LogP contribution in [-0.2, 0) is 10.0 Å². The summed E-state index contributed by atoms with van der Waals surface area (Å²) in [6.45, 7) is 6.02. The molecule has 0 fully saturated rings. The Balaban J connectivity index is 3.09. The second kappa shape index (κ2) is 5.97. The van der Waals surface area contributed by atoms with E-state index in [0.29, 0.717) is 24.5 Å². The molecule has 17 heavy (non-hydrogen) atoms. The molecule has 0 spiro atoms. The van der Waals surface area contributed by atoms with Crippen molar-refractivity contribution in [3.63, 3.8) is 0 Å². The van der Waals surface area contributed by atoms with Gasteiger partial charge >= 0.3 is 0 Å². The van der Waals surface area contributed by atoms with Gasteiger partial charge in [0.15, 0.2) is 5.76 Å². The number of hydrogen-bond acceptors (Lipinski definition) is 4. The maximum absolute atomic E-state index is 12.4. The van der Waals surface area contributed by atoms with E-state index in [-0.39, 0.29) is 4.90 Å². The second-order valence-electron chi connectivity index (χ2n) is 3.69. The number of aromatic nitrogens is 1. The molecule has 0 amide bonds. The van der Waals surface area contributed by atoms with E-state index in [9.17, 15) is 8.42 Å². The Labute approximate surface area is 110 Å². The molecule has 7 heteroatoms. The van der Waals surface area contributed by atoms with E-state index in [1.54, 1.807) is 13.8 Å². The first-order valence-electron chi connectivity index (χ1n) is 5.44. The molecule has 1 rings (SSSR count). The van der Waals surface area contributed by atoms with Crippen LogP contribution in [0.1, 0.15) is 24.8 Å². The van der Waals surface area contributed by atoms with Gasteiger partial charge in [-0.2, -0.15) is 4.31 Å². The zero-order valence-corrected chi connectivity index (χ0v) is 12.6. The minimum Gasteiger partial charge on any atom is -0.360 e. The summed E-state index contributed by atoms with van der Waals surface area (Å²) in [5.74, 6) is 0.347. The Kier molecular flexibility index (Phi) is 5.15. The first-order chi connectivity index (χ1) is 7.95. The summed E-state index contributed by atoms with van der Waals surface area (Å²) in [7, 11) is -3.49. The molecular formula is C10H17BrN2O3S. The highest BCUT2D eigenvalue weighted by molar-refractivity contribution is 9.09. The fraction of sp³-hybridized carbons (Fsp3) is 0.700. The van der Waals surface area contributed by atoms with Gasteiger partial charge in [-0.1, -0.05) is 28.0 Å². The first kappa shape index (κ1) is 14.7. The largest absolute Gasteiger partial charge is 0.360 e. The van der Waals surface area contributed by atoms with E-state index in [1.807, 2.05) is 6.92 Å². The Morgan fingerprint density at radius 1 is 1.41 bits per heavy atom. The molecule has 0 atom stereocenters. The number of nitrogens with zero attached hydrogens (tertiary/aromatic N) is 2. The van der Waals surface area contributed by atoms with E-state index >= 15 is 0 Å². The SMILES string of the molecule is CCN(CCCBr)S(=O)(=O)c1c(C)noc1C. The normalized spacial score (nSPS) is 12.3. The van der Waals surface area contributed by atoms with Gasteiger partial charge < -0.3 is 4.52 Å². The number of hydrogen-bond donors (Lipinski definition) is 0. The van der Waals surface area contributed by atoms with Crippen molar-refractivity contribution in [3.05, 3.63) is 11.5 Å². The van der Waals surface area contributed by atoms with Crippen LogP contribution in [-0.4, -0.2) is 36.3 Å². The smallest absolute Gasteiger partial charge is 0.248 e. The third-order valence-electron chi connectivity index (χ3n) is 2.46. The van der Waals surface area contributed by atoms with E-state index in [4.69, 9.17) is 4.52 Å². The molecule has 0 bridgehead atoms. The van der Waals surface area contributed by atoms with Gasteiger partial charge in [0.2, 0.25) is 10.0 Å². The van der Waals surface area contributed by atoms with Gasteiger partial charge in [-0.3, -0.25) is 0 Å². The number of rotatable bonds is 6. The molecule has 1 aromatic heterocycles. The molecule has 0 saturated heterocycles. The van der Waals surface area contributed by atoms with Gasteiger partial charge in [-0.25, -0.2) is 8.42 Å². The summed E-state index contributed by atoms with van der Waals surface area (Å²) in [6.07, 6.45) is 0.774. The summed E-state index contributed by atoms with van der Waals surface area (Å²) in [5, 5.41) is 4.47. The highest BCUT2D eigenvalue weighted by Crippen LogP contribution is 2.23. The number of halogens is 1. The lowest BCUT2D eigenvalue weighted by Crippen LogP contribution is -2.32. The molecule has 5 nitrogen and oxygen atoms in total. The summed E-state index contributed by atoms with van der Waals surface area (Å²) in [5.41, 5.74) is 0.416. The number of sulfonamides is 1. The van der Waals surface area contributed by atoms with E-state index in [0.717, 1.165) is 11.8 Å². The molecule has 0 radical (unpaired) electrons. The first-order valence-corrected chi connectivity index (χ1v) is 8.00. The molecule has 0 aromatic carbocycles. The molecule has 0 aliphatic heterocycles. The van der Waals surface area contributed by atoms with Crippen molar-refractivity contribution in [3.8, 4) is 0 Å². The maximum Gasteiger partial charge on any atom is 0.248 e. The van der Waals surface area contributed by atoms with E-state index in [1.165, 1.54) is 4.31 Å². The standard InChI is InChI=1S/C10H17BrN2O3S/c1-4-13(7-5-6-11)17(14,15)10-8(2)12-16-9(10)3/h4-7H2,1-3H3. The topological polar surface area (TPSA) is 63.4 Å². The Morgan fingerprint density at radius 3 is 2.47 bits per heavy atom. The van der Waals surface area contributed by atoms with E-state index in [2.05, 4.69) is 21.1 Å². The molecular weight excluding hydrogens is 308 g/mol. The average molecular weight is 325 g/mol. The monoisotopic (exact) mass is 324 g/mol. The minimum atomic E-state index is -3.49. The summed E-state index contributed by atoms with van der Waals surface area (Å²) in [6, 6.07) is 0. The highest BCUT2D eigenvalue weighted by Gasteiger charge is 2.29. The summed E-state index contributed by atoms with van der Waals surface area (Å²) in [4.78, 5) is 0.203.